The van der Waals surface area contributed by atoms with Gasteiger partial charge in [-0.3, -0.25) is 4.99 Å². The average Bonchev–Trinajstić information content (AvgIpc) is 2.80. The first-order valence-electron chi connectivity index (χ1n) is 10.8. The molecule has 0 spiro atoms. The molecule has 0 amide bonds. The summed E-state index contributed by atoms with van der Waals surface area (Å²) in [5.41, 5.74) is 2.32. The summed E-state index contributed by atoms with van der Waals surface area (Å²) in [4.78, 5) is 4.27. The van der Waals surface area contributed by atoms with Crippen LogP contribution in [0.3, 0.4) is 0 Å². The van der Waals surface area contributed by atoms with Crippen LogP contribution in [0, 0.1) is 5.82 Å². The summed E-state index contributed by atoms with van der Waals surface area (Å²) in [5, 5.41) is 6.58. The Morgan fingerprint density at radius 1 is 1.12 bits per heavy atom. The first kappa shape index (κ1) is 26.3. The molecule has 1 aliphatic rings. The molecule has 0 aliphatic carbocycles. The molecule has 2 aromatic carbocycles. The number of aliphatic imine (C=N–C) groups is 1. The SMILES string of the molecule is CN=C(NCc1cccc(COC2CCOCC2)c1)NCC(C)Oc1ccc(F)cc1.I. The number of benzene rings is 2. The summed E-state index contributed by atoms with van der Waals surface area (Å²) < 4.78 is 30.2. The number of ether oxygens (including phenoxy) is 3. The van der Waals surface area contributed by atoms with E-state index in [2.05, 4.69) is 39.9 Å². The van der Waals surface area contributed by atoms with Gasteiger partial charge in [-0.05, 0) is 55.2 Å². The molecule has 8 heteroatoms. The van der Waals surface area contributed by atoms with Crippen molar-refractivity contribution in [3.05, 3.63) is 65.5 Å². The lowest BCUT2D eigenvalue weighted by atomic mass is 10.1. The van der Waals surface area contributed by atoms with Crippen LogP contribution in [0.25, 0.3) is 0 Å². The summed E-state index contributed by atoms with van der Waals surface area (Å²) in [5.74, 6) is 1.05. The van der Waals surface area contributed by atoms with Crippen molar-refractivity contribution in [2.45, 2.75) is 45.1 Å². The molecule has 2 aromatic rings. The number of guanidine groups is 1. The van der Waals surface area contributed by atoms with Gasteiger partial charge in [0.25, 0.3) is 0 Å². The lowest BCUT2D eigenvalue weighted by Gasteiger charge is -2.22. The molecule has 0 bridgehead atoms. The number of nitrogens with zero attached hydrogens (tertiary/aromatic N) is 1. The molecule has 1 unspecified atom stereocenters. The summed E-state index contributed by atoms with van der Waals surface area (Å²) in [6, 6.07) is 14.4. The highest BCUT2D eigenvalue weighted by Gasteiger charge is 2.14. The van der Waals surface area contributed by atoms with E-state index in [0.29, 0.717) is 31.4 Å². The zero-order valence-corrected chi connectivity index (χ0v) is 21.0. The standard InChI is InChI=1S/C24H32FN3O3.HI/c1-18(31-23-8-6-21(25)7-9-23)15-27-24(26-2)28-16-19-4-3-5-20(14-19)17-30-22-10-12-29-13-11-22;/h3-9,14,18,22H,10-13,15-17H2,1-2H3,(H2,26,27,28);1H. The smallest absolute Gasteiger partial charge is 0.191 e. The van der Waals surface area contributed by atoms with Crippen LogP contribution >= 0.6 is 24.0 Å². The second kappa shape index (κ2) is 14.3. The van der Waals surface area contributed by atoms with Gasteiger partial charge in [0.15, 0.2) is 5.96 Å². The molecule has 0 aromatic heterocycles. The Labute approximate surface area is 207 Å². The van der Waals surface area contributed by atoms with Crippen LogP contribution in [0.15, 0.2) is 53.5 Å². The largest absolute Gasteiger partial charge is 0.489 e. The molecule has 1 aliphatic heterocycles. The quantitative estimate of drug-likeness (QED) is 0.274. The number of hydrogen-bond donors (Lipinski definition) is 2. The van der Waals surface area contributed by atoms with Crippen molar-refractivity contribution in [3.63, 3.8) is 0 Å². The highest BCUT2D eigenvalue weighted by Crippen LogP contribution is 2.15. The Morgan fingerprint density at radius 2 is 1.84 bits per heavy atom. The van der Waals surface area contributed by atoms with Crippen LogP contribution in [0.5, 0.6) is 5.75 Å². The molecule has 176 valence electrons. The number of rotatable bonds is 9. The molecule has 1 atom stereocenters. The summed E-state index contributed by atoms with van der Waals surface area (Å²) >= 11 is 0. The minimum atomic E-state index is -0.276. The van der Waals surface area contributed by atoms with Crippen LogP contribution in [0.4, 0.5) is 4.39 Å². The Hall–Kier alpha value is -1.91. The van der Waals surface area contributed by atoms with E-state index in [1.54, 1.807) is 19.2 Å². The van der Waals surface area contributed by atoms with Crippen molar-refractivity contribution in [2.24, 2.45) is 4.99 Å². The third kappa shape index (κ3) is 9.30. The van der Waals surface area contributed by atoms with Gasteiger partial charge in [-0.15, -0.1) is 24.0 Å². The minimum absolute atomic E-state index is 0. The monoisotopic (exact) mass is 557 g/mol. The van der Waals surface area contributed by atoms with E-state index in [1.165, 1.54) is 12.1 Å². The van der Waals surface area contributed by atoms with Crippen LogP contribution in [0.1, 0.15) is 30.9 Å². The van der Waals surface area contributed by atoms with E-state index < -0.39 is 0 Å². The second-order valence-corrected chi connectivity index (χ2v) is 7.63. The van der Waals surface area contributed by atoms with Crippen LogP contribution in [-0.2, 0) is 22.6 Å². The van der Waals surface area contributed by atoms with Gasteiger partial charge in [0.05, 0.1) is 19.3 Å². The summed E-state index contributed by atoms with van der Waals surface area (Å²) in [6.07, 6.45) is 2.12. The fraction of sp³-hybridized carbons (Fsp3) is 0.458. The van der Waals surface area contributed by atoms with Crippen molar-refractivity contribution >= 4 is 29.9 Å². The van der Waals surface area contributed by atoms with Crippen LogP contribution < -0.4 is 15.4 Å². The zero-order valence-electron chi connectivity index (χ0n) is 18.7. The highest BCUT2D eigenvalue weighted by atomic mass is 127. The first-order chi connectivity index (χ1) is 15.1. The Kier molecular flexibility index (Phi) is 11.8. The molecule has 1 fully saturated rings. The Bertz CT molecular complexity index is 829. The van der Waals surface area contributed by atoms with Gasteiger partial charge in [-0.25, -0.2) is 4.39 Å². The fourth-order valence-electron chi connectivity index (χ4n) is 3.32. The van der Waals surface area contributed by atoms with Crippen LogP contribution in [0.2, 0.25) is 0 Å². The van der Waals surface area contributed by atoms with Gasteiger partial charge in [-0.2, -0.15) is 0 Å². The van der Waals surface area contributed by atoms with Crippen LogP contribution in [-0.4, -0.2) is 45.0 Å². The normalized spacial score (nSPS) is 15.5. The van der Waals surface area contributed by atoms with Crippen molar-refractivity contribution in [1.82, 2.24) is 10.6 Å². The molecule has 0 saturated carbocycles. The Balaban J connectivity index is 0.00000363. The maximum atomic E-state index is 13.0. The minimum Gasteiger partial charge on any atom is -0.489 e. The first-order valence-corrected chi connectivity index (χ1v) is 10.8. The summed E-state index contributed by atoms with van der Waals surface area (Å²) in [7, 11) is 1.74. The molecule has 32 heavy (non-hydrogen) atoms. The lowest BCUT2D eigenvalue weighted by Crippen LogP contribution is -2.41. The van der Waals surface area contributed by atoms with Gasteiger partial charge < -0.3 is 24.8 Å². The van der Waals surface area contributed by atoms with E-state index in [4.69, 9.17) is 14.2 Å². The predicted octanol–water partition coefficient (Wildman–Crippen LogP) is 4.27. The number of nitrogens with one attached hydrogen (secondary N) is 2. The molecule has 6 nitrogen and oxygen atoms in total. The molecular formula is C24H33FIN3O3. The fourth-order valence-corrected chi connectivity index (χ4v) is 3.32. The van der Waals surface area contributed by atoms with Crippen molar-refractivity contribution in [2.75, 3.05) is 26.8 Å². The maximum absolute atomic E-state index is 13.0. The Morgan fingerprint density at radius 3 is 2.56 bits per heavy atom. The van der Waals surface area contributed by atoms with Gasteiger partial charge in [-0.1, -0.05) is 24.3 Å². The molecule has 1 saturated heterocycles. The molecule has 2 N–H and O–H groups in total. The van der Waals surface area contributed by atoms with E-state index in [1.807, 2.05) is 6.92 Å². The second-order valence-electron chi connectivity index (χ2n) is 7.63. The molecular weight excluding hydrogens is 524 g/mol. The molecule has 0 radical (unpaired) electrons. The maximum Gasteiger partial charge on any atom is 0.191 e. The van der Waals surface area contributed by atoms with E-state index in [-0.39, 0.29) is 42.0 Å². The van der Waals surface area contributed by atoms with Crippen molar-refractivity contribution in [1.29, 1.82) is 0 Å². The van der Waals surface area contributed by atoms with E-state index in [0.717, 1.165) is 37.2 Å². The van der Waals surface area contributed by atoms with Gasteiger partial charge >= 0.3 is 0 Å². The van der Waals surface area contributed by atoms with Gasteiger partial charge in [0.1, 0.15) is 17.7 Å². The third-order valence-electron chi connectivity index (χ3n) is 5.04. The number of halogens is 2. The van der Waals surface area contributed by atoms with Gasteiger partial charge in [0, 0.05) is 26.8 Å². The lowest BCUT2D eigenvalue weighted by molar-refractivity contribution is -0.0390. The zero-order chi connectivity index (χ0) is 21.9. The average molecular weight is 557 g/mol. The van der Waals surface area contributed by atoms with Crippen molar-refractivity contribution < 1.29 is 18.6 Å². The van der Waals surface area contributed by atoms with E-state index in [9.17, 15) is 4.39 Å². The molecule has 1 heterocycles. The number of hydrogen-bond acceptors (Lipinski definition) is 4. The molecule has 3 rings (SSSR count). The highest BCUT2D eigenvalue weighted by molar-refractivity contribution is 14.0. The van der Waals surface area contributed by atoms with E-state index >= 15 is 0 Å². The van der Waals surface area contributed by atoms with Gasteiger partial charge in [0.2, 0.25) is 0 Å². The predicted molar refractivity (Wildman–Crippen MR) is 135 cm³/mol. The van der Waals surface area contributed by atoms with Crippen molar-refractivity contribution in [3.8, 4) is 5.75 Å². The summed E-state index contributed by atoms with van der Waals surface area (Å²) in [6.45, 7) is 5.35. The topological polar surface area (TPSA) is 64.1 Å². The third-order valence-corrected chi connectivity index (χ3v) is 5.04.